The van der Waals surface area contributed by atoms with Gasteiger partial charge in [0.05, 0.1) is 28.7 Å². The van der Waals surface area contributed by atoms with E-state index < -0.39 is 28.2 Å². The first-order chi connectivity index (χ1) is 20.5. The van der Waals surface area contributed by atoms with E-state index >= 15 is 0 Å². The molecule has 0 heterocycles. The van der Waals surface area contributed by atoms with Crippen molar-refractivity contribution in [3.63, 3.8) is 0 Å². The molecular formula is C33H33ClF3NO4S. The molecule has 0 unspecified atom stereocenters. The van der Waals surface area contributed by atoms with Gasteiger partial charge in [-0.15, -0.1) is 0 Å². The van der Waals surface area contributed by atoms with E-state index in [0.29, 0.717) is 30.8 Å². The first-order valence-corrected chi connectivity index (χ1v) is 16.0. The summed E-state index contributed by atoms with van der Waals surface area (Å²) >= 11 is 6.29. The van der Waals surface area contributed by atoms with Crippen molar-refractivity contribution in [1.29, 1.82) is 0 Å². The molecule has 4 aromatic carbocycles. The highest BCUT2D eigenvalue weighted by molar-refractivity contribution is 7.90. The van der Waals surface area contributed by atoms with Gasteiger partial charge in [0.2, 0.25) is 0 Å². The monoisotopic (exact) mass is 631 g/mol. The number of rotatable bonds is 13. The third-order valence-corrected chi connectivity index (χ3v) is 8.74. The predicted octanol–water partition coefficient (Wildman–Crippen LogP) is 7.36. The second kappa shape index (κ2) is 14.4. The summed E-state index contributed by atoms with van der Waals surface area (Å²) in [4.78, 5) is 2.06. The van der Waals surface area contributed by atoms with E-state index in [1.54, 1.807) is 12.1 Å². The van der Waals surface area contributed by atoms with Crippen molar-refractivity contribution in [3.8, 4) is 5.75 Å². The van der Waals surface area contributed by atoms with E-state index in [9.17, 15) is 26.7 Å². The number of hydrogen-bond acceptors (Lipinski definition) is 5. The summed E-state index contributed by atoms with van der Waals surface area (Å²) in [5, 5.41) is 9.19. The Morgan fingerprint density at radius 3 is 2.07 bits per heavy atom. The summed E-state index contributed by atoms with van der Waals surface area (Å²) in [5.41, 5.74) is 1.93. The third-order valence-electron chi connectivity index (χ3n) is 7.12. The average molecular weight is 632 g/mol. The van der Waals surface area contributed by atoms with Crippen LogP contribution in [0.2, 0.25) is 5.02 Å². The topological polar surface area (TPSA) is 66.8 Å². The summed E-state index contributed by atoms with van der Waals surface area (Å²) in [6.07, 6.45) is -3.00. The van der Waals surface area contributed by atoms with Crippen LogP contribution in [0, 0.1) is 0 Å². The van der Waals surface area contributed by atoms with Crippen molar-refractivity contribution >= 4 is 21.4 Å². The smallest absolute Gasteiger partial charge is 0.417 e. The number of nitrogens with zero attached hydrogens (tertiary/aromatic N) is 1. The second-order valence-corrected chi connectivity index (χ2v) is 12.6. The van der Waals surface area contributed by atoms with Gasteiger partial charge in [-0.2, -0.15) is 13.2 Å². The van der Waals surface area contributed by atoms with Gasteiger partial charge >= 0.3 is 6.18 Å². The van der Waals surface area contributed by atoms with Crippen molar-refractivity contribution in [2.24, 2.45) is 0 Å². The number of aliphatic hydroxyl groups is 1. The van der Waals surface area contributed by atoms with Gasteiger partial charge in [0, 0.05) is 31.8 Å². The van der Waals surface area contributed by atoms with Gasteiger partial charge in [0.25, 0.3) is 0 Å². The summed E-state index contributed by atoms with van der Waals surface area (Å²) in [6.45, 7) is 0.971. The molecule has 4 aromatic rings. The Labute approximate surface area is 255 Å². The van der Waals surface area contributed by atoms with Crippen molar-refractivity contribution < 1.29 is 31.4 Å². The number of benzene rings is 4. The van der Waals surface area contributed by atoms with Gasteiger partial charge in [-0.05, 0) is 46.9 Å². The van der Waals surface area contributed by atoms with Crippen molar-refractivity contribution in [3.05, 3.63) is 130 Å². The Morgan fingerprint density at radius 1 is 0.884 bits per heavy atom. The number of ether oxygens (including phenoxy) is 1. The van der Waals surface area contributed by atoms with Gasteiger partial charge in [0.15, 0.2) is 9.84 Å². The maximum Gasteiger partial charge on any atom is 0.417 e. The molecule has 0 bridgehead atoms. The highest BCUT2D eigenvalue weighted by atomic mass is 35.5. The lowest BCUT2D eigenvalue weighted by Gasteiger charge is -2.29. The molecule has 0 aliphatic carbocycles. The molecule has 1 N–H and O–H groups in total. The Bertz CT molecular complexity index is 1560. The highest BCUT2D eigenvalue weighted by Crippen LogP contribution is 2.37. The summed E-state index contributed by atoms with van der Waals surface area (Å²) in [6, 6.07) is 28.3. The fourth-order valence-electron chi connectivity index (χ4n) is 5.01. The number of hydrogen-bond donors (Lipinski definition) is 1. The molecule has 0 aliphatic heterocycles. The largest absolute Gasteiger partial charge is 0.494 e. The molecule has 5 nitrogen and oxygen atoms in total. The molecule has 0 saturated carbocycles. The van der Waals surface area contributed by atoms with Crippen LogP contribution < -0.4 is 4.74 Å². The molecule has 228 valence electrons. The molecule has 0 spiro atoms. The molecule has 4 rings (SSSR count). The van der Waals surface area contributed by atoms with Crippen LogP contribution in [-0.4, -0.2) is 44.4 Å². The maximum atomic E-state index is 13.6. The SMILES string of the molecule is CS(=O)(=O)c1cc(OCCCN(Cc2cccc(C(F)(F)F)c2Cl)CC(c2ccccc2)c2ccccc2)ccc1CO. The van der Waals surface area contributed by atoms with Gasteiger partial charge in [0.1, 0.15) is 5.75 Å². The molecule has 43 heavy (non-hydrogen) atoms. The summed E-state index contributed by atoms with van der Waals surface area (Å²) in [5.74, 6) is 0.285. The Kier molecular flexibility index (Phi) is 10.9. The standard InChI is InChI=1S/C33H33ClF3NO4S/c1-43(40,41)31-20-28(17-16-27(31)23-39)42-19-9-18-38(21-26-14-8-15-30(32(26)34)33(35,36)37)22-29(24-10-4-2-5-11-24)25-12-6-3-7-13-25/h2-8,10-17,20,29,39H,9,18-19,21-23H2,1H3. The first-order valence-electron chi connectivity index (χ1n) is 13.7. The molecule has 0 atom stereocenters. The third kappa shape index (κ3) is 8.83. The summed E-state index contributed by atoms with van der Waals surface area (Å²) in [7, 11) is -3.57. The van der Waals surface area contributed by atoms with Crippen LogP contribution in [0.5, 0.6) is 5.75 Å². The quantitative estimate of drug-likeness (QED) is 0.156. The average Bonchev–Trinajstić information content (AvgIpc) is 2.98. The van der Waals surface area contributed by atoms with E-state index in [2.05, 4.69) is 4.90 Å². The summed E-state index contributed by atoms with van der Waals surface area (Å²) < 4.78 is 71.0. The molecule has 0 saturated heterocycles. The Hall–Kier alpha value is -3.37. The second-order valence-electron chi connectivity index (χ2n) is 10.3. The Morgan fingerprint density at radius 2 is 1.51 bits per heavy atom. The minimum absolute atomic E-state index is 0.00174. The van der Waals surface area contributed by atoms with E-state index in [4.69, 9.17) is 16.3 Å². The van der Waals surface area contributed by atoms with Crippen LogP contribution in [0.4, 0.5) is 13.2 Å². The molecule has 10 heteroatoms. The number of sulfone groups is 1. The van der Waals surface area contributed by atoms with Crippen LogP contribution in [0.3, 0.4) is 0 Å². The van der Waals surface area contributed by atoms with Crippen LogP contribution in [-0.2, 0) is 29.2 Å². The van der Waals surface area contributed by atoms with E-state index in [1.807, 2.05) is 60.7 Å². The lowest BCUT2D eigenvalue weighted by atomic mass is 9.90. The minimum Gasteiger partial charge on any atom is -0.494 e. The highest BCUT2D eigenvalue weighted by Gasteiger charge is 2.34. The molecule has 0 aliphatic rings. The van der Waals surface area contributed by atoms with Gasteiger partial charge < -0.3 is 9.84 Å². The zero-order valence-electron chi connectivity index (χ0n) is 23.6. The maximum absolute atomic E-state index is 13.6. The number of alkyl halides is 3. The zero-order chi connectivity index (χ0) is 31.0. The van der Waals surface area contributed by atoms with Gasteiger partial charge in [-0.1, -0.05) is 90.5 Å². The fourth-order valence-corrected chi connectivity index (χ4v) is 6.24. The first kappa shape index (κ1) is 32.5. The molecule has 0 radical (unpaired) electrons. The van der Waals surface area contributed by atoms with Crippen LogP contribution >= 0.6 is 11.6 Å². The number of aliphatic hydroxyl groups excluding tert-OH is 1. The number of halogens is 4. The molecular weight excluding hydrogens is 599 g/mol. The van der Waals surface area contributed by atoms with Gasteiger partial charge in [-0.3, -0.25) is 4.90 Å². The van der Waals surface area contributed by atoms with Crippen LogP contribution in [0.25, 0.3) is 0 Å². The van der Waals surface area contributed by atoms with Gasteiger partial charge in [-0.25, -0.2) is 8.42 Å². The van der Waals surface area contributed by atoms with E-state index in [-0.39, 0.29) is 34.6 Å². The fraction of sp³-hybridized carbons (Fsp3) is 0.273. The van der Waals surface area contributed by atoms with Crippen molar-refractivity contribution in [1.82, 2.24) is 4.90 Å². The normalized spacial score (nSPS) is 12.2. The van der Waals surface area contributed by atoms with Crippen molar-refractivity contribution in [2.75, 3.05) is 26.0 Å². The molecule has 0 fully saturated rings. The lowest BCUT2D eigenvalue weighted by molar-refractivity contribution is -0.137. The van der Waals surface area contributed by atoms with E-state index in [0.717, 1.165) is 23.4 Å². The van der Waals surface area contributed by atoms with Crippen LogP contribution in [0.1, 0.15) is 40.2 Å². The zero-order valence-corrected chi connectivity index (χ0v) is 25.2. The van der Waals surface area contributed by atoms with Crippen LogP contribution in [0.15, 0.2) is 102 Å². The van der Waals surface area contributed by atoms with E-state index in [1.165, 1.54) is 18.2 Å². The minimum atomic E-state index is -4.57. The lowest BCUT2D eigenvalue weighted by Crippen LogP contribution is -2.31. The van der Waals surface area contributed by atoms with Crippen molar-refractivity contribution in [2.45, 2.75) is 36.6 Å². The molecule has 0 aromatic heterocycles. The molecule has 0 amide bonds. The predicted molar refractivity (Wildman–Crippen MR) is 162 cm³/mol. The Balaban J connectivity index is 1.57.